The predicted octanol–water partition coefficient (Wildman–Crippen LogP) is 4.07. The van der Waals surface area contributed by atoms with Crippen molar-refractivity contribution >= 4 is 57.5 Å². The first-order valence-electron chi connectivity index (χ1n) is 8.30. The van der Waals surface area contributed by atoms with Crippen LogP contribution in [0.5, 0.6) is 0 Å². The molecule has 1 saturated heterocycles. The van der Waals surface area contributed by atoms with Gasteiger partial charge in [-0.05, 0) is 71.1 Å². The average molecular weight is 492 g/mol. The van der Waals surface area contributed by atoms with Crippen LogP contribution in [0.25, 0.3) is 6.08 Å². The first-order chi connectivity index (χ1) is 12.9. The van der Waals surface area contributed by atoms with Crippen LogP contribution in [-0.2, 0) is 4.79 Å². The molecule has 1 N–H and O–H groups in total. The van der Waals surface area contributed by atoms with Gasteiger partial charge in [-0.25, -0.2) is 0 Å². The highest BCUT2D eigenvalue weighted by atomic mass is 127. The monoisotopic (exact) mass is 492 g/mol. The number of halogens is 1. The molecule has 0 atom stereocenters. The van der Waals surface area contributed by atoms with E-state index in [-0.39, 0.29) is 30.1 Å². The van der Waals surface area contributed by atoms with Crippen LogP contribution in [0.1, 0.15) is 21.5 Å². The number of carbonyl (C=O) groups excluding carboxylic acids is 3. The van der Waals surface area contributed by atoms with Gasteiger partial charge >= 0.3 is 0 Å². The van der Waals surface area contributed by atoms with Gasteiger partial charge in [-0.1, -0.05) is 35.9 Å². The minimum atomic E-state index is -0.325. The summed E-state index contributed by atoms with van der Waals surface area (Å²) in [5, 5.41) is 2.43. The summed E-state index contributed by atoms with van der Waals surface area (Å²) in [5.41, 5.74) is 2.55. The summed E-state index contributed by atoms with van der Waals surface area (Å²) in [6.07, 6.45) is 1.72. The molecular weight excluding hydrogens is 475 g/mol. The summed E-state index contributed by atoms with van der Waals surface area (Å²) in [4.78, 5) is 38.3. The van der Waals surface area contributed by atoms with Gasteiger partial charge in [0.2, 0.25) is 0 Å². The first-order valence-corrected chi connectivity index (χ1v) is 10.2. The Morgan fingerprint density at radius 1 is 1.19 bits per heavy atom. The van der Waals surface area contributed by atoms with Gasteiger partial charge < -0.3 is 5.32 Å². The molecule has 0 saturated carbocycles. The number of hydrogen-bond donors (Lipinski definition) is 1. The number of hydrogen-bond acceptors (Lipinski definition) is 4. The molecule has 0 radical (unpaired) electrons. The Morgan fingerprint density at radius 3 is 2.63 bits per heavy atom. The second kappa shape index (κ2) is 8.71. The summed E-state index contributed by atoms with van der Waals surface area (Å²) >= 11 is 3.06. The maximum Gasteiger partial charge on any atom is 0.293 e. The fraction of sp³-hybridized carbons (Fsp3) is 0.150. The van der Waals surface area contributed by atoms with Crippen molar-refractivity contribution in [2.24, 2.45) is 0 Å². The number of thioether (sulfide) groups is 1. The van der Waals surface area contributed by atoms with Crippen LogP contribution in [0, 0.1) is 10.5 Å². The number of nitrogens with one attached hydrogen (secondary N) is 1. The van der Waals surface area contributed by atoms with Crippen molar-refractivity contribution in [3.8, 4) is 0 Å². The summed E-state index contributed by atoms with van der Waals surface area (Å²) in [6.45, 7) is 2.34. The Balaban J connectivity index is 1.59. The lowest BCUT2D eigenvalue weighted by Gasteiger charge is -2.13. The second-order valence-corrected chi connectivity index (χ2v) is 8.25. The van der Waals surface area contributed by atoms with Crippen molar-refractivity contribution in [2.75, 3.05) is 13.1 Å². The molecule has 3 rings (SSSR count). The van der Waals surface area contributed by atoms with Gasteiger partial charge in [-0.3, -0.25) is 19.3 Å². The van der Waals surface area contributed by atoms with Crippen molar-refractivity contribution in [3.05, 3.63) is 73.7 Å². The third-order valence-corrected chi connectivity index (χ3v) is 5.53. The maximum atomic E-state index is 12.5. The van der Waals surface area contributed by atoms with E-state index in [1.54, 1.807) is 18.2 Å². The van der Waals surface area contributed by atoms with Crippen LogP contribution >= 0.6 is 34.4 Å². The third kappa shape index (κ3) is 4.98. The molecule has 1 aliphatic heterocycles. The Labute approximate surface area is 175 Å². The lowest BCUT2D eigenvalue weighted by molar-refractivity contribution is -0.122. The maximum absolute atomic E-state index is 12.5. The number of benzene rings is 2. The molecule has 1 heterocycles. The second-order valence-electron chi connectivity index (χ2n) is 6.01. The summed E-state index contributed by atoms with van der Waals surface area (Å²) in [5.74, 6) is -0.551. The van der Waals surface area contributed by atoms with Crippen molar-refractivity contribution in [1.82, 2.24) is 10.2 Å². The number of imide groups is 1. The third-order valence-electron chi connectivity index (χ3n) is 3.96. The number of rotatable bonds is 5. The van der Waals surface area contributed by atoms with Gasteiger partial charge in [-0.2, -0.15) is 0 Å². The van der Waals surface area contributed by atoms with Crippen LogP contribution in [-0.4, -0.2) is 35.0 Å². The number of amides is 3. The van der Waals surface area contributed by atoms with Crippen LogP contribution in [0.3, 0.4) is 0 Å². The topological polar surface area (TPSA) is 66.5 Å². The van der Waals surface area contributed by atoms with Crippen LogP contribution in [0.15, 0.2) is 53.4 Å². The molecule has 27 heavy (non-hydrogen) atoms. The molecule has 2 aromatic rings. The summed E-state index contributed by atoms with van der Waals surface area (Å²) in [6, 6.07) is 14.9. The molecule has 0 unspecified atom stereocenters. The van der Waals surface area contributed by atoms with Crippen molar-refractivity contribution in [3.63, 3.8) is 0 Å². The largest absolute Gasteiger partial charge is 0.350 e. The van der Waals surface area contributed by atoms with Gasteiger partial charge in [0.1, 0.15) is 0 Å². The number of nitrogens with zero attached hydrogens (tertiary/aromatic N) is 1. The van der Waals surface area contributed by atoms with Gasteiger partial charge in [-0.15, -0.1) is 0 Å². The van der Waals surface area contributed by atoms with E-state index in [0.29, 0.717) is 10.5 Å². The van der Waals surface area contributed by atoms with E-state index in [1.807, 2.05) is 43.3 Å². The van der Waals surface area contributed by atoms with Crippen molar-refractivity contribution in [1.29, 1.82) is 0 Å². The molecular formula is C20H17IN2O3S. The zero-order valence-corrected chi connectivity index (χ0v) is 17.5. The minimum absolute atomic E-state index is 0.144. The lowest BCUT2D eigenvalue weighted by Crippen LogP contribution is -2.37. The van der Waals surface area contributed by atoms with E-state index in [0.717, 1.165) is 26.5 Å². The number of carbonyl (C=O) groups is 3. The number of aryl methyl sites for hydroxylation is 1. The summed E-state index contributed by atoms with van der Waals surface area (Å²) < 4.78 is 0.965. The fourth-order valence-electron chi connectivity index (χ4n) is 2.52. The van der Waals surface area contributed by atoms with Crippen LogP contribution in [0.2, 0.25) is 0 Å². The van der Waals surface area contributed by atoms with Gasteiger partial charge in [0, 0.05) is 22.2 Å². The van der Waals surface area contributed by atoms with Crippen LogP contribution < -0.4 is 5.32 Å². The molecule has 3 amide bonds. The Morgan fingerprint density at radius 2 is 1.93 bits per heavy atom. The minimum Gasteiger partial charge on any atom is -0.350 e. The molecule has 1 aliphatic rings. The standard InChI is InChI=1S/C20H17IN2O3S/c1-13-5-7-14(8-6-13)11-17-19(25)23(20(26)27-17)10-9-22-18(24)15-3-2-4-16(21)12-15/h2-8,11-12H,9-10H2,1H3,(H,22,24). The van der Waals surface area contributed by atoms with Gasteiger partial charge in [0.05, 0.1) is 4.91 Å². The molecule has 0 bridgehead atoms. The molecule has 138 valence electrons. The molecule has 7 heteroatoms. The zero-order valence-electron chi connectivity index (χ0n) is 14.6. The highest BCUT2D eigenvalue weighted by Crippen LogP contribution is 2.31. The Kier molecular flexibility index (Phi) is 6.33. The lowest BCUT2D eigenvalue weighted by atomic mass is 10.1. The average Bonchev–Trinajstić information content (AvgIpc) is 2.91. The fourth-order valence-corrected chi connectivity index (χ4v) is 3.93. The van der Waals surface area contributed by atoms with Gasteiger partial charge in [0.25, 0.3) is 17.1 Å². The van der Waals surface area contributed by atoms with Crippen molar-refractivity contribution < 1.29 is 14.4 Å². The van der Waals surface area contributed by atoms with E-state index in [1.165, 1.54) is 4.90 Å². The van der Waals surface area contributed by atoms with Crippen molar-refractivity contribution in [2.45, 2.75) is 6.92 Å². The Bertz CT molecular complexity index is 925. The highest BCUT2D eigenvalue weighted by Gasteiger charge is 2.34. The Hall–Kier alpha value is -2.13. The molecule has 2 aromatic carbocycles. The van der Waals surface area contributed by atoms with E-state index in [2.05, 4.69) is 27.9 Å². The van der Waals surface area contributed by atoms with E-state index in [9.17, 15) is 14.4 Å². The normalized spacial score (nSPS) is 15.5. The molecule has 5 nitrogen and oxygen atoms in total. The first kappa shape index (κ1) is 19.6. The van der Waals surface area contributed by atoms with Crippen LogP contribution in [0.4, 0.5) is 4.79 Å². The smallest absolute Gasteiger partial charge is 0.293 e. The van der Waals surface area contributed by atoms with E-state index in [4.69, 9.17) is 0 Å². The summed E-state index contributed by atoms with van der Waals surface area (Å²) in [7, 11) is 0. The van der Waals surface area contributed by atoms with E-state index >= 15 is 0 Å². The quantitative estimate of drug-likeness (QED) is 0.505. The SMILES string of the molecule is Cc1ccc(C=C2SC(=O)N(CCNC(=O)c3cccc(I)c3)C2=O)cc1. The van der Waals surface area contributed by atoms with Gasteiger partial charge in [0.15, 0.2) is 0 Å². The molecule has 0 spiro atoms. The van der Waals surface area contributed by atoms with E-state index < -0.39 is 0 Å². The predicted molar refractivity (Wildman–Crippen MR) is 115 cm³/mol. The molecule has 1 fully saturated rings. The molecule has 0 aliphatic carbocycles. The molecule has 0 aromatic heterocycles. The zero-order chi connectivity index (χ0) is 19.4. The highest BCUT2D eigenvalue weighted by molar-refractivity contribution is 14.1.